The van der Waals surface area contributed by atoms with Crippen LogP contribution in [0.2, 0.25) is 0 Å². The number of fused-ring (bicyclic) bond motifs is 2. The first-order valence-corrected chi connectivity index (χ1v) is 18.5. The summed E-state index contributed by atoms with van der Waals surface area (Å²) in [6, 6.07) is 5.99. The van der Waals surface area contributed by atoms with Gasteiger partial charge in [0.25, 0.3) is 5.91 Å². The molecule has 3 aliphatic heterocycles. The number of ether oxygens (including phenoxy) is 1. The predicted octanol–water partition coefficient (Wildman–Crippen LogP) is 4.99. The van der Waals surface area contributed by atoms with E-state index in [-0.39, 0.29) is 29.3 Å². The van der Waals surface area contributed by atoms with Gasteiger partial charge in [-0.3, -0.25) is 23.9 Å². The first kappa shape index (κ1) is 33.5. The van der Waals surface area contributed by atoms with Gasteiger partial charge < -0.3 is 29.6 Å². The predicted molar refractivity (Wildman–Crippen MR) is 175 cm³/mol. The van der Waals surface area contributed by atoms with Gasteiger partial charge in [0.15, 0.2) is 0 Å². The van der Waals surface area contributed by atoms with E-state index in [1.54, 1.807) is 29.3 Å². The number of pyridine rings is 1. The van der Waals surface area contributed by atoms with E-state index in [0.717, 1.165) is 41.9 Å². The zero-order valence-corrected chi connectivity index (χ0v) is 28.3. The van der Waals surface area contributed by atoms with Crippen LogP contribution in [0.1, 0.15) is 78.6 Å². The zero-order valence-electron chi connectivity index (χ0n) is 26.5. The molecule has 0 bridgehead atoms. The lowest BCUT2D eigenvalue weighted by Crippen LogP contribution is -2.60. The lowest BCUT2D eigenvalue weighted by Gasteiger charge is -2.44. The molecule has 5 heterocycles. The number of rotatable bonds is 8. The van der Waals surface area contributed by atoms with Crippen LogP contribution in [-0.4, -0.2) is 80.6 Å². The van der Waals surface area contributed by atoms with E-state index >= 15 is 0 Å². The van der Waals surface area contributed by atoms with E-state index in [1.165, 1.54) is 24.3 Å². The number of methoxy groups -OCH3 is 1. The summed E-state index contributed by atoms with van der Waals surface area (Å²) < 4.78 is 31.9. The third-order valence-corrected chi connectivity index (χ3v) is 12.0. The number of nitrogens with one attached hydrogen (secondary N) is 1. The number of thiophene rings is 1. The number of hydrogen-bond acceptors (Lipinski definition) is 7. The number of hydrogen-bond donors (Lipinski definition) is 3. The molecule has 47 heavy (non-hydrogen) atoms. The third kappa shape index (κ3) is 6.68. The number of nitrogens with zero attached hydrogens (tertiary/aromatic N) is 3. The maximum absolute atomic E-state index is 14.3. The zero-order chi connectivity index (χ0) is 33.6. The molecule has 14 heteroatoms. The Bertz CT molecular complexity index is 1720. The van der Waals surface area contributed by atoms with E-state index in [9.17, 15) is 33.1 Å². The van der Waals surface area contributed by atoms with Crippen molar-refractivity contribution in [3.05, 3.63) is 58.7 Å². The van der Waals surface area contributed by atoms with Crippen molar-refractivity contribution in [3.63, 3.8) is 0 Å². The number of aromatic nitrogens is 1. The number of amides is 3. The Labute approximate surface area is 276 Å². The average molecular weight is 687 g/mol. The minimum absolute atomic E-state index is 0.0755. The normalized spacial score (nSPS) is 24.4. The molecule has 1 aromatic carbocycles. The second-order valence-electron chi connectivity index (χ2n) is 13.2. The highest BCUT2D eigenvalue weighted by Crippen LogP contribution is 2.53. The first-order valence-electron chi connectivity index (χ1n) is 16.0. The summed E-state index contributed by atoms with van der Waals surface area (Å²) in [4.78, 5) is 68.2. The highest BCUT2D eigenvalue weighted by Gasteiger charge is 2.48. The van der Waals surface area contributed by atoms with Gasteiger partial charge in [-0.2, -0.15) is 0 Å². The molecule has 0 aliphatic carbocycles. The number of alkyl halides is 1. The molecule has 0 saturated carbocycles. The van der Waals surface area contributed by atoms with Gasteiger partial charge in [-0.25, -0.2) is 4.39 Å². The Morgan fingerprint density at radius 2 is 1.89 bits per heavy atom. The van der Waals surface area contributed by atoms with Gasteiger partial charge >= 0.3 is 7.60 Å². The molecule has 3 aromatic rings. The fourth-order valence-corrected chi connectivity index (χ4v) is 8.77. The Hall–Kier alpha value is -3.38. The highest BCUT2D eigenvalue weighted by atomic mass is 32.1. The molecule has 252 valence electrons. The molecule has 3 N–H and O–H groups in total. The van der Waals surface area contributed by atoms with Crippen LogP contribution in [0.25, 0.3) is 10.1 Å². The van der Waals surface area contributed by atoms with Crippen molar-refractivity contribution in [1.29, 1.82) is 0 Å². The Kier molecular flexibility index (Phi) is 9.46. The number of carbonyl (C=O) groups excluding carboxylic acids is 3. The number of benzene rings is 1. The standard InChI is InChI=1S/C33H40FN4O7PS/c1-18(2)19-4-7-25(36-31(39)29-14-21-12-20(5-9-28(21)47-29)30(34)46(42,43)44)32(40)38-23(13-19)6-8-26(38)33(41)37-16-22(17-37)24-15-35-11-10-27(24)45-3/h5,9-12,14-15,18-19,22-23,25-26,30H,4,6-8,13,16-17H2,1-3H3,(H,36,39)(H2,42,43,44)/t19-,23+,25-,26-,30?/m0/s1. The van der Waals surface area contributed by atoms with Crippen molar-refractivity contribution < 1.29 is 37.9 Å². The maximum Gasteiger partial charge on any atom is 0.363 e. The SMILES string of the molecule is COc1ccncc1C1CN(C(=O)[C@@H]2CC[C@@H]3C[C@@H](C(C)C)CC[C@H](NC(=O)c4cc5cc(C(F)P(=O)(O)O)ccc5s4)C(=O)N32)C1. The van der Waals surface area contributed by atoms with Gasteiger partial charge in [-0.1, -0.05) is 19.9 Å². The van der Waals surface area contributed by atoms with Crippen LogP contribution in [0, 0.1) is 11.8 Å². The van der Waals surface area contributed by atoms with Gasteiger partial charge in [0.1, 0.15) is 17.8 Å². The smallest absolute Gasteiger partial charge is 0.363 e. The summed E-state index contributed by atoms with van der Waals surface area (Å²) in [6.45, 7) is 5.36. The topological polar surface area (TPSA) is 149 Å². The summed E-state index contributed by atoms with van der Waals surface area (Å²) in [5.74, 6) is -1.73. The molecule has 0 radical (unpaired) electrons. The van der Waals surface area contributed by atoms with Crippen molar-refractivity contribution in [2.45, 2.75) is 75.9 Å². The van der Waals surface area contributed by atoms with E-state index in [0.29, 0.717) is 52.7 Å². The molecule has 11 nitrogen and oxygen atoms in total. The average Bonchev–Trinajstić information content (AvgIpc) is 3.63. The molecule has 1 unspecified atom stereocenters. The molecule has 2 aromatic heterocycles. The molecule has 6 rings (SSSR count). The minimum atomic E-state index is -4.99. The summed E-state index contributed by atoms with van der Waals surface area (Å²) in [7, 11) is -3.38. The van der Waals surface area contributed by atoms with Crippen LogP contribution >= 0.6 is 18.9 Å². The Balaban J connectivity index is 1.20. The molecule has 3 aliphatic rings. The van der Waals surface area contributed by atoms with Crippen molar-refractivity contribution in [3.8, 4) is 5.75 Å². The van der Waals surface area contributed by atoms with Crippen molar-refractivity contribution >= 4 is 46.7 Å². The largest absolute Gasteiger partial charge is 0.496 e. The van der Waals surface area contributed by atoms with Crippen molar-refractivity contribution in [1.82, 2.24) is 20.1 Å². The molecule has 3 saturated heterocycles. The quantitative estimate of drug-likeness (QED) is 0.281. The second-order valence-corrected chi connectivity index (χ2v) is 15.9. The van der Waals surface area contributed by atoms with Crippen LogP contribution in [-0.2, 0) is 14.2 Å². The van der Waals surface area contributed by atoms with Crippen LogP contribution in [0.3, 0.4) is 0 Å². The lowest BCUT2D eigenvalue weighted by atomic mass is 9.82. The molecule has 0 spiro atoms. The van der Waals surface area contributed by atoms with Gasteiger partial charge in [-0.15, -0.1) is 11.3 Å². The van der Waals surface area contributed by atoms with Crippen LogP contribution < -0.4 is 10.1 Å². The van der Waals surface area contributed by atoms with Crippen molar-refractivity contribution in [2.24, 2.45) is 11.8 Å². The second kappa shape index (κ2) is 13.3. The van der Waals surface area contributed by atoms with E-state index < -0.39 is 31.5 Å². The Morgan fingerprint density at radius 3 is 2.60 bits per heavy atom. The van der Waals surface area contributed by atoms with E-state index in [1.807, 2.05) is 6.07 Å². The third-order valence-electron chi connectivity index (χ3n) is 9.99. The molecule has 5 atom stereocenters. The molecular weight excluding hydrogens is 646 g/mol. The van der Waals surface area contributed by atoms with E-state index in [4.69, 9.17) is 4.74 Å². The maximum atomic E-state index is 14.3. The number of carbonyl (C=O) groups is 3. The minimum Gasteiger partial charge on any atom is -0.496 e. The summed E-state index contributed by atoms with van der Waals surface area (Å²) in [5, 5.41) is 3.41. The lowest BCUT2D eigenvalue weighted by molar-refractivity contribution is -0.150. The summed E-state index contributed by atoms with van der Waals surface area (Å²) in [6.07, 6.45) is 6.74. The van der Waals surface area contributed by atoms with Crippen LogP contribution in [0.5, 0.6) is 5.75 Å². The number of likely N-dealkylation sites (tertiary alicyclic amines) is 1. The molecule has 3 amide bonds. The fourth-order valence-electron chi connectivity index (χ4n) is 7.28. The monoisotopic (exact) mass is 686 g/mol. The fraction of sp³-hybridized carbons (Fsp3) is 0.515. The van der Waals surface area contributed by atoms with Gasteiger partial charge in [0.05, 0.1) is 12.0 Å². The van der Waals surface area contributed by atoms with Gasteiger partial charge in [-0.05, 0) is 79.2 Å². The summed E-state index contributed by atoms with van der Waals surface area (Å²) in [5.41, 5.74) is 0.784. The first-order chi connectivity index (χ1) is 22.3. The Morgan fingerprint density at radius 1 is 1.13 bits per heavy atom. The van der Waals surface area contributed by atoms with Crippen LogP contribution in [0.15, 0.2) is 42.7 Å². The summed E-state index contributed by atoms with van der Waals surface area (Å²) >= 11 is 1.15. The van der Waals surface area contributed by atoms with Gasteiger partial charge in [0.2, 0.25) is 17.7 Å². The molecular formula is C33H40FN4O7PS. The van der Waals surface area contributed by atoms with Gasteiger partial charge in [0, 0.05) is 47.7 Å². The van der Waals surface area contributed by atoms with E-state index in [2.05, 4.69) is 24.1 Å². The molecule has 3 fully saturated rings. The highest BCUT2D eigenvalue weighted by molar-refractivity contribution is 7.51. The number of halogens is 1. The van der Waals surface area contributed by atoms with Crippen LogP contribution in [0.4, 0.5) is 4.39 Å². The van der Waals surface area contributed by atoms with Crippen molar-refractivity contribution in [2.75, 3.05) is 20.2 Å².